The SMILES string of the molecule is CCCC[N+]1=C(/C=C2\C(=O)C(/C=C3\N(CCCC(F)(F)F)c4ccc(C(=O)OC)cc4C3(C)C)=C2[O-])C(C)(C)c2ccccc21. The molecule has 0 fully saturated rings. The summed E-state index contributed by atoms with van der Waals surface area (Å²) in [6.07, 6.45) is -0.285. The molecule has 0 bridgehead atoms. The van der Waals surface area contributed by atoms with Gasteiger partial charge in [-0.2, -0.15) is 17.7 Å². The maximum Gasteiger partial charge on any atom is 0.389 e. The highest BCUT2D eigenvalue weighted by Gasteiger charge is 2.46. The first-order valence-electron chi connectivity index (χ1n) is 15.3. The fourth-order valence-corrected chi connectivity index (χ4v) is 6.69. The summed E-state index contributed by atoms with van der Waals surface area (Å²) in [5, 5.41) is 13.6. The molecule has 2 aromatic carbocycles. The molecular formula is C36H39F3N2O4. The fourth-order valence-electron chi connectivity index (χ4n) is 6.69. The Morgan fingerprint density at radius 1 is 1.02 bits per heavy atom. The lowest BCUT2D eigenvalue weighted by atomic mass is 9.77. The summed E-state index contributed by atoms with van der Waals surface area (Å²) in [5.41, 5.74) is 4.12. The maximum atomic E-state index is 13.6. The normalized spacial score (nSPS) is 20.2. The van der Waals surface area contributed by atoms with E-state index >= 15 is 0 Å². The third-order valence-corrected chi connectivity index (χ3v) is 9.23. The number of carbonyl (C=O) groups is 2. The Balaban J connectivity index is 1.57. The number of allylic oxidation sites excluding steroid dienone is 5. The summed E-state index contributed by atoms with van der Waals surface area (Å²) in [6, 6.07) is 13.0. The Hall–Kier alpha value is -4.14. The average molecular weight is 621 g/mol. The number of carbonyl (C=O) groups excluding carboxylic acids is 2. The molecule has 0 unspecified atom stereocenters. The van der Waals surface area contributed by atoms with Crippen LogP contribution in [0, 0.1) is 0 Å². The molecule has 0 amide bonds. The zero-order chi connectivity index (χ0) is 32.9. The number of anilines is 1. The van der Waals surface area contributed by atoms with Crippen molar-refractivity contribution in [3.8, 4) is 0 Å². The van der Waals surface area contributed by atoms with Gasteiger partial charge in [-0.05, 0) is 50.1 Å². The number of hydrogen-bond donors (Lipinski definition) is 0. The molecule has 0 saturated carbocycles. The van der Waals surface area contributed by atoms with E-state index in [1.807, 2.05) is 26.0 Å². The molecule has 1 aliphatic carbocycles. The molecule has 9 heteroatoms. The minimum atomic E-state index is -4.32. The first kappa shape index (κ1) is 32.3. The number of hydrogen-bond acceptors (Lipinski definition) is 5. The van der Waals surface area contributed by atoms with Gasteiger partial charge in [0.2, 0.25) is 5.69 Å². The molecule has 45 heavy (non-hydrogen) atoms. The first-order valence-corrected chi connectivity index (χ1v) is 15.3. The predicted molar refractivity (Wildman–Crippen MR) is 166 cm³/mol. The Labute approximate surface area is 262 Å². The third kappa shape index (κ3) is 5.62. The second-order valence-electron chi connectivity index (χ2n) is 12.9. The molecule has 6 nitrogen and oxygen atoms in total. The fraction of sp³-hybridized carbons (Fsp3) is 0.417. The number of ketones is 1. The van der Waals surface area contributed by atoms with Crippen LogP contribution in [-0.4, -0.2) is 48.4 Å². The Morgan fingerprint density at radius 2 is 1.73 bits per heavy atom. The number of fused-ring (bicyclic) bond motifs is 2. The van der Waals surface area contributed by atoms with Crippen LogP contribution in [0.5, 0.6) is 0 Å². The summed E-state index contributed by atoms with van der Waals surface area (Å²) in [4.78, 5) is 27.7. The zero-order valence-electron chi connectivity index (χ0n) is 26.6. The van der Waals surface area contributed by atoms with Gasteiger partial charge < -0.3 is 14.7 Å². The molecule has 238 valence electrons. The van der Waals surface area contributed by atoms with Gasteiger partial charge in [-0.25, -0.2) is 4.79 Å². The van der Waals surface area contributed by atoms with E-state index in [0.29, 0.717) is 22.5 Å². The highest BCUT2D eigenvalue weighted by molar-refractivity contribution is 6.24. The third-order valence-electron chi connectivity index (χ3n) is 9.23. The summed E-state index contributed by atoms with van der Waals surface area (Å²) >= 11 is 0. The van der Waals surface area contributed by atoms with Crippen LogP contribution in [0.2, 0.25) is 0 Å². The van der Waals surface area contributed by atoms with Crippen LogP contribution in [0.3, 0.4) is 0 Å². The number of ether oxygens (including phenoxy) is 1. The molecule has 0 spiro atoms. The summed E-state index contributed by atoms with van der Waals surface area (Å²) in [6.45, 7) is 10.8. The van der Waals surface area contributed by atoms with Crippen LogP contribution in [0.1, 0.15) is 81.8 Å². The van der Waals surface area contributed by atoms with Crippen molar-refractivity contribution in [1.82, 2.24) is 0 Å². The quantitative estimate of drug-likeness (QED) is 0.175. The van der Waals surface area contributed by atoms with Crippen molar-refractivity contribution < 1.29 is 37.2 Å². The molecule has 2 aliphatic heterocycles. The van der Waals surface area contributed by atoms with Crippen molar-refractivity contribution >= 4 is 28.8 Å². The minimum absolute atomic E-state index is 0.000157. The van der Waals surface area contributed by atoms with Crippen molar-refractivity contribution in [3.63, 3.8) is 0 Å². The molecule has 3 aliphatic rings. The second-order valence-corrected chi connectivity index (χ2v) is 12.9. The van der Waals surface area contributed by atoms with E-state index < -0.39 is 29.4 Å². The van der Waals surface area contributed by atoms with Gasteiger partial charge in [0, 0.05) is 65.0 Å². The van der Waals surface area contributed by atoms with Crippen molar-refractivity contribution in [1.29, 1.82) is 0 Å². The number of benzene rings is 2. The van der Waals surface area contributed by atoms with E-state index in [2.05, 4.69) is 37.5 Å². The molecule has 0 saturated heterocycles. The lowest BCUT2D eigenvalue weighted by Gasteiger charge is -2.33. The highest BCUT2D eigenvalue weighted by atomic mass is 19.4. The average Bonchev–Trinajstić information content (AvgIpc) is 3.34. The van der Waals surface area contributed by atoms with Gasteiger partial charge in [-0.1, -0.05) is 51.2 Å². The lowest BCUT2D eigenvalue weighted by Crippen LogP contribution is -2.35. The van der Waals surface area contributed by atoms with E-state index in [9.17, 15) is 27.9 Å². The number of Topliss-reactive ketones (excluding diaryl/α,β-unsaturated/α-hetero) is 1. The number of alkyl halides is 3. The molecule has 5 rings (SSSR count). The minimum Gasteiger partial charge on any atom is -0.871 e. The number of unbranched alkanes of at least 4 members (excludes halogenated alkanes) is 1. The summed E-state index contributed by atoms with van der Waals surface area (Å²) in [5.74, 6) is -1.32. The largest absolute Gasteiger partial charge is 0.871 e. The standard InChI is InChI=1S/C36H39F3N2O4/c1-7-8-17-40-27-13-10-9-12-25(27)34(2,3)29(40)20-23-31(42)24(32(23)43)21-30-35(4,5)26-19-22(33(44)45-6)14-15-28(26)41(30)18-11-16-36(37,38)39/h9-10,12-15,19-21H,7-8,11,16-18H2,1-6H3. The maximum absolute atomic E-state index is 13.6. The zero-order valence-corrected chi connectivity index (χ0v) is 26.6. The molecule has 0 radical (unpaired) electrons. The van der Waals surface area contributed by atoms with Gasteiger partial charge in [-0.15, -0.1) is 0 Å². The number of nitrogens with zero attached hydrogens (tertiary/aromatic N) is 2. The van der Waals surface area contributed by atoms with Gasteiger partial charge >= 0.3 is 12.1 Å². The molecular weight excluding hydrogens is 581 g/mol. The van der Waals surface area contributed by atoms with Crippen molar-refractivity contribution in [3.05, 3.63) is 93.9 Å². The van der Waals surface area contributed by atoms with E-state index in [4.69, 9.17) is 4.74 Å². The van der Waals surface area contributed by atoms with Crippen LogP contribution >= 0.6 is 0 Å². The van der Waals surface area contributed by atoms with Crippen molar-refractivity contribution in [2.75, 3.05) is 25.1 Å². The van der Waals surface area contributed by atoms with Crippen LogP contribution < -0.4 is 10.0 Å². The number of rotatable bonds is 9. The Morgan fingerprint density at radius 3 is 2.38 bits per heavy atom. The van der Waals surface area contributed by atoms with Gasteiger partial charge in [0.15, 0.2) is 11.5 Å². The predicted octanol–water partition coefficient (Wildman–Crippen LogP) is 6.80. The van der Waals surface area contributed by atoms with E-state index in [-0.39, 0.29) is 35.7 Å². The highest BCUT2D eigenvalue weighted by Crippen LogP contribution is 2.50. The number of methoxy groups -OCH3 is 1. The second kappa shape index (κ2) is 11.7. The summed E-state index contributed by atoms with van der Waals surface area (Å²) < 4.78 is 46.3. The van der Waals surface area contributed by atoms with Crippen molar-refractivity contribution in [2.45, 2.75) is 77.3 Å². The molecule has 2 heterocycles. The monoisotopic (exact) mass is 620 g/mol. The Kier molecular flexibility index (Phi) is 8.36. The number of esters is 1. The van der Waals surface area contributed by atoms with Crippen LogP contribution in [0.25, 0.3) is 0 Å². The Bertz CT molecular complexity index is 1690. The van der Waals surface area contributed by atoms with Crippen LogP contribution in [0.15, 0.2) is 77.2 Å². The lowest BCUT2D eigenvalue weighted by molar-refractivity contribution is -0.438. The number of para-hydroxylation sites is 1. The van der Waals surface area contributed by atoms with E-state index in [1.54, 1.807) is 29.2 Å². The molecule has 0 N–H and O–H groups in total. The van der Waals surface area contributed by atoms with Gasteiger partial charge in [0.25, 0.3) is 0 Å². The number of halogens is 3. The topological polar surface area (TPSA) is 72.7 Å². The van der Waals surface area contributed by atoms with Gasteiger partial charge in [-0.3, -0.25) is 4.79 Å². The van der Waals surface area contributed by atoms with E-state index in [0.717, 1.165) is 36.3 Å². The molecule has 2 aromatic rings. The van der Waals surface area contributed by atoms with Crippen LogP contribution in [-0.2, 0) is 20.4 Å². The molecule has 0 atom stereocenters. The van der Waals surface area contributed by atoms with E-state index in [1.165, 1.54) is 13.2 Å². The smallest absolute Gasteiger partial charge is 0.389 e. The van der Waals surface area contributed by atoms with Gasteiger partial charge in [0.1, 0.15) is 6.54 Å². The first-order chi connectivity index (χ1) is 21.1. The van der Waals surface area contributed by atoms with Gasteiger partial charge in [0.05, 0.1) is 18.1 Å². The molecule has 0 aromatic heterocycles. The summed E-state index contributed by atoms with van der Waals surface area (Å²) in [7, 11) is 1.28. The van der Waals surface area contributed by atoms with Crippen molar-refractivity contribution in [2.24, 2.45) is 0 Å². The van der Waals surface area contributed by atoms with Crippen LogP contribution in [0.4, 0.5) is 24.5 Å².